The van der Waals surface area contributed by atoms with E-state index in [9.17, 15) is 13.2 Å². The molecule has 2 rings (SSSR count). The molecule has 0 heterocycles. The van der Waals surface area contributed by atoms with Crippen molar-refractivity contribution in [1.29, 1.82) is 0 Å². The molecule has 0 aliphatic rings. The van der Waals surface area contributed by atoms with Gasteiger partial charge in [0, 0.05) is 24.2 Å². The van der Waals surface area contributed by atoms with E-state index in [1.165, 1.54) is 17.1 Å². The molecular formula is C25H33F3N4. The van der Waals surface area contributed by atoms with Gasteiger partial charge >= 0.3 is 6.18 Å². The number of halogens is 3. The van der Waals surface area contributed by atoms with Crippen LogP contribution in [0.4, 0.5) is 18.9 Å². The number of hydrogen-bond donors (Lipinski definition) is 2. The second-order valence-electron chi connectivity index (χ2n) is 8.79. The lowest BCUT2D eigenvalue weighted by Crippen LogP contribution is -2.40. The number of rotatable bonds is 7. The Hall–Kier alpha value is -2.80. The van der Waals surface area contributed by atoms with E-state index in [-0.39, 0.29) is 11.5 Å². The number of aliphatic imine (C=N–C) groups is 1. The van der Waals surface area contributed by atoms with Gasteiger partial charge in [0.15, 0.2) is 0 Å². The molecule has 2 aromatic rings. The Kier molecular flexibility index (Phi) is 7.78. The van der Waals surface area contributed by atoms with Crippen LogP contribution in [0.25, 0.3) is 16.8 Å². The molecule has 0 saturated heterocycles. The summed E-state index contributed by atoms with van der Waals surface area (Å²) in [5, 5.41) is 4.94. The third-order valence-corrected chi connectivity index (χ3v) is 5.46. The minimum absolute atomic E-state index is 0.0866. The van der Waals surface area contributed by atoms with Gasteiger partial charge in [0.25, 0.3) is 0 Å². The fourth-order valence-corrected chi connectivity index (χ4v) is 3.29. The Morgan fingerprint density at radius 1 is 1.09 bits per heavy atom. The Morgan fingerprint density at radius 2 is 1.69 bits per heavy atom. The summed E-state index contributed by atoms with van der Waals surface area (Å²) in [6, 6.07) is 10.8. The van der Waals surface area contributed by atoms with Crippen LogP contribution >= 0.6 is 0 Å². The van der Waals surface area contributed by atoms with E-state index in [1.54, 1.807) is 7.05 Å². The number of nitrogens with zero attached hydrogens (tertiary/aromatic N) is 2. The second-order valence-corrected chi connectivity index (χ2v) is 8.79. The first kappa shape index (κ1) is 25.5. The summed E-state index contributed by atoms with van der Waals surface area (Å²) < 4.78 is 39.0. The molecule has 4 nitrogen and oxygen atoms in total. The van der Waals surface area contributed by atoms with Crippen molar-refractivity contribution >= 4 is 17.2 Å². The number of hydrazine groups is 1. The molecular weight excluding hydrogens is 413 g/mol. The molecule has 0 unspecified atom stereocenters. The highest BCUT2D eigenvalue weighted by Crippen LogP contribution is 2.33. The van der Waals surface area contributed by atoms with Crippen LogP contribution in [0.15, 0.2) is 54.0 Å². The average molecular weight is 447 g/mol. The molecule has 2 aromatic carbocycles. The lowest BCUT2D eigenvalue weighted by atomic mass is 9.97. The number of benzene rings is 2. The van der Waals surface area contributed by atoms with E-state index in [0.29, 0.717) is 22.8 Å². The second kappa shape index (κ2) is 9.77. The van der Waals surface area contributed by atoms with Crippen LogP contribution in [0.2, 0.25) is 0 Å². The minimum Gasteiger partial charge on any atom is -0.380 e. The summed E-state index contributed by atoms with van der Waals surface area (Å²) in [6.45, 7) is 14.4. The van der Waals surface area contributed by atoms with Crippen molar-refractivity contribution < 1.29 is 13.2 Å². The van der Waals surface area contributed by atoms with Gasteiger partial charge < -0.3 is 5.32 Å². The van der Waals surface area contributed by atoms with Crippen molar-refractivity contribution in [2.45, 2.75) is 52.8 Å². The fourth-order valence-electron chi connectivity index (χ4n) is 3.29. The number of nitrogens with one attached hydrogen (secondary N) is 1. The van der Waals surface area contributed by atoms with Gasteiger partial charge in [-0.05, 0) is 67.3 Å². The van der Waals surface area contributed by atoms with Crippen LogP contribution in [-0.4, -0.2) is 18.4 Å². The average Bonchev–Trinajstić information content (AvgIpc) is 2.72. The van der Waals surface area contributed by atoms with Crippen LogP contribution in [0, 0.1) is 5.92 Å². The van der Waals surface area contributed by atoms with Crippen molar-refractivity contribution in [2.24, 2.45) is 16.8 Å². The molecule has 7 heteroatoms. The highest BCUT2D eigenvalue weighted by molar-refractivity contribution is 5.99. The van der Waals surface area contributed by atoms with Crippen molar-refractivity contribution in [2.75, 3.05) is 12.1 Å². The van der Waals surface area contributed by atoms with Crippen molar-refractivity contribution in [3.8, 4) is 11.1 Å². The monoisotopic (exact) mass is 446 g/mol. The van der Waals surface area contributed by atoms with E-state index in [4.69, 9.17) is 5.84 Å². The zero-order chi connectivity index (χ0) is 24.3. The maximum atomic E-state index is 13.0. The maximum Gasteiger partial charge on any atom is 0.416 e. The summed E-state index contributed by atoms with van der Waals surface area (Å²) in [5.41, 5.74) is 2.71. The van der Waals surface area contributed by atoms with Gasteiger partial charge in [-0.25, -0.2) is 5.84 Å². The summed E-state index contributed by atoms with van der Waals surface area (Å²) in [7, 11) is 1.68. The van der Waals surface area contributed by atoms with E-state index < -0.39 is 11.7 Å². The number of amidine groups is 1. The van der Waals surface area contributed by atoms with Crippen LogP contribution in [0.1, 0.15) is 52.2 Å². The van der Waals surface area contributed by atoms with Crippen molar-refractivity contribution in [1.82, 2.24) is 5.32 Å². The first-order valence-electron chi connectivity index (χ1n) is 10.6. The first-order chi connectivity index (χ1) is 14.8. The molecule has 0 radical (unpaired) electrons. The van der Waals surface area contributed by atoms with Gasteiger partial charge in [-0.15, -0.1) is 0 Å². The van der Waals surface area contributed by atoms with Crippen molar-refractivity contribution in [3.05, 3.63) is 60.2 Å². The Balaban J connectivity index is 2.59. The molecule has 0 aliphatic heterocycles. The normalized spacial score (nSPS) is 12.8. The van der Waals surface area contributed by atoms with E-state index in [2.05, 4.69) is 37.7 Å². The SMILES string of the molecule is C=C(NC(C)(C)CC)c1cc(-c2ccc(C(F)(F)F)cc2)cc(N(N)C(=NC)C(C)C)c1. The maximum absolute atomic E-state index is 13.0. The summed E-state index contributed by atoms with van der Waals surface area (Å²) in [6.07, 6.45) is -3.49. The highest BCUT2D eigenvalue weighted by Gasteiger charge is 2.30. The third kappa shape index (κ3) is 6.13. The largest absolute Gasteiger partial charge is 0.416 e. The molecule has 0 saturated carbocycles. The Labute approximate surface area is 189 Å². The van der Waals surface area contributed by atoms with Crippen LogP contribution in [0.5, 0.6) is 0 Å². The van der Waals surface area contributed by atoms with Gasteiger partial charge in [-0.3, -0.25) is 10.0 Å². The van der Waals surface area contributed by atoms with E-state index in [0.717, 1.165) is 29.7 Å². The zero-order valence-electron chi connectivity index (χ0n) is 19.6. The third-order valence-electron chi connectivity index (χ3n) is 5.46. The summed E-state index contributed by atoms with van der Waals surface area (Å²) >= 11 is 0. The lowest BCUT2D eigenvalue weighted by Gasteiger charge is -2.29. The predicted molar refractivity (Wildman–Crippen MR) is 128 cm³/mol. The van der Waals surface area contributed by atoms with E-state index >= 15 is 0 Å². The number of hydrogen-bond acceptors (Lipinski definition) is 3. The fraction of sp³-hybridized carbons (Fsp3) is 0.400. The zero-order valence-corrected chi connectivity index (χ0v) is 19.6. The molecule has 0 atom stereocenters. The molecule has 0 fully saturated rings. The van der Waals surface area contributed by atoms with Gasteiger partial charge in [-0.2, -0.15) is 13.2 Å². The summed E-state index contributed by atoms with van der Waals surface area (Å²) in [5.74, 6) is 7.18. The van der Waals surface area contributed by atoms with Gasteiger partial charge in [-0.1, -0.05) is 39.5 Å². The van der Waals surface area contributed by atoms with Gasteiger partial charge in [0.1, 0.15) is 5.84 Å². The Bertz CT molecular complexity index is 974. The summed E-state index contributed by atoms with van der Waals surface area (Å²) in [4.78, 5) is 4.31. The standard InChI is InChI=1S/C25H33F3N4/c1-8-24(5,6)31-17(4)19-13-20(18-9-11-21(12-10-18)25(26,27)28)15-22(14-19)32(29)23(30-7)16(2)3/h9-16,31H,4,8,29H2,1-3,5-7H3. The minimum atomic E-state index is -4.38. The molecule has 3 N–H and O–H groups in total. The molecule has 174 valence electrons. The number of anilines is 1. The van der Waals surface area contributed by atoms with Gasteiger partial charge in [0.2, 0.25) is 0 Å². The van der Waals surface area contributed by atoms with Crippen LogP contribution in [0.3, 0.4) is 0 Å². The molecule has 0 aromatic heterocycles. The Morgan fingerprint density at radius 3 is 2.16 bits per heavy atom. The quantitative estimate of drug-likeness (QED) is 0.221. The van der Waals surface area contributed by atoms with Crippen molar-refractivity contribution in [3.63, 3.8) is 0 Å². The topological polar surface area (TPSA) is 53.6 Å². The number of alkyl halides is 3. The smallest absolute Gasteiger partial charge is 0.380 e. The van der Waals surface area contributed by atoms with Crippen LogP contribution in [-0.2, 0) is 6.18 Å². The number of nitrogens with two attached hydrogens (primary N) is 1. The molecule has 0 spiro atoms. The molecule has 0 amide bonds. The lowest BCUT2D eigenvalue weighted by molar-refractivity contribution is -0.137. The van der Waals surface area contributed by atoms with Crippen LogP contribution < -0.4 is 16.2 Å². The van der Waals surface area contributed by atoms with Gasteiger partial charge in [0.05, 0.1) is 11.3 Å². The predicted octanol–water partition coefficient (Wildman–Crippen LogP) is 6.49. The first-order valence-corrected chi connectivity index (χ1v) is 10.6. The van der Waals surface area contributed by atoms with E-state index in [1.807, 2.05) is 32.0 Å². The molecule has 0 aliphatic carbocycles. The molecule has 0 bridgehead atoms. The molecule has 32 heavy (non-hydrogen) atoms. The highest BCUT2D eigenvalue weighted by atomic mass is 19.4.